The van der Waals surface area contributed by atoms with E-state index in [1.807, 2.05) is 49.4 Å². The van der Waals surface area contributed by atoms with E-state index in [-0.39, 0.29) is 5.91 Å². The Labute approximate surface area is 154 Å². The first kappa shape index (κ1) is 16.6. The van der Waals surface area contributed by atoms with Crippen LogP contribution in [-0.2, 0) is 26.6 Å². The van der Waals surface area contributed by atoms with E-state index in [0.29, 0.717) is 26.4 Å². The fourth-order valence-electron chi connectivity index (χ4n) is 3.30. The number of amides is 1. The van der Waals surface area contributed by atoms with E-state index in [9.17, 15) is 4.79 Å². The van der Waals surface area contributed by atoms with Crippen LogP contribution in [0.4, 0.5) is 5.69 Å². The predicted molar refractivity (Wildman–Crippen MR) is 96.5 cm³/mol. The van der Waals surface area contributed by atoms with Gasteiger partial charge in [-0.3, -0.25) is 4.79 Å². The van der Waals surface area contributed by atoms with Crippen LogP contribution in [-0.4, -0.2) is 25.7 Å². The Morgan fingerprint density at radius 1 is 1.16 bits per heavy atom. The van der Waals surface area contributed by atoms with Gasteiger partial charge in [0.15, 0.2) is 0 Å². The summed E-state index contributed by atoms with van der Waals surface area (Å²) in [6.07, 6.45) is 0. The van der Waals surface area contributed by atoms with Crippen molar-refractivity contribution in [2.24, 2.45) is 0 Å². The summed E-state index contributed by atoms with van der Waals surface area (Å²) in [6.45, 7) is 3.86. The molecule has 2 aliphatic heterocycles. The summed E-state index contributed by atoms with van der Waals surface area (Å²) in [4.78, 5) is 14.8. The molecule has 1 amide bonds. The number of fused-ring (bicyclic) bond motifs is 2. The number of ether oxygens (including phenoxy) is 3. The fraction of sp³-hybridized carbons (Fsp3) is 0.316. The molecule has 25 heavy (non-hydrogen) atoms. The van der Waals surface area contributed by atoms with Crippen molar-refractivity contribution in [3.63, 3.8) is 0 Å². The number of hydrogen-bond acceptors (Lipinski definition) is 4. The Hall–Kier alpha value is -1.89. The third-order valence-corrected chi connectivity index (χ3v) is 4.89. The van der Waals surface area contributed by atoms with E-state index in [0.717, 1.165) is 27.0 Å². The monoisotopic (exact) mass is 403 g/mol. The minimum atomic E-state index is -1.30. The van der Waals surface area contributed by atoms with Crippen molar-refractivity contribution in [2.45, 2.75) is 19.3 Å². The summed E-state index contributed by atoms with van der Waals surface area (Å²) in [7, 11) is 0. The molecule has 0 radical (unpaired) electrons. The van der Waals surface area contributed by atoms with E-state index in [1.165, 1.54) is 0 Å². The molecule has 5 nitrogen and oxygen atoms in total. The lowest BCUT2D eigenvalue weighted by molar-refractivity contribution is -0.180. The van der Waals surface area contributed by atoms with Crippen molar-refractivity contribution in [3.8, 4) is 5.75 Å². The lowest BCUT2D eigenvalue weighted by atomic mass is 10.1. The Morgan fingerprint density at radius 3 is 2.56 bits per heavy atom. The number of hydrogen-bond donors (Lipinski definition) is 0. The van der Waals surface area contributed by atoms with Crippen LogP contribution < -0.4 is 9.64 Å². The van der Waals surface area contributed by atoms with Crippen LogP contribution in [0.1, 0.15) is 18.1 Å². The predicted octanol–water partition coefficient (Wildman–Crippen LogP) is 3.59. The van der Waals surface area contributed by atoms with Gasteiger partial charge in [0.1, 0.15) is 5.75 Å². The van der Waals surface area contributed by atoms with Gasteiger partial charge in [-0.15, -0.1) is 0 Å². The summed E-state index contributed by atoms with van der Waals surface area (Å²) in [5, 5.41) is 0. The molecule has 1 spiro atoms. The number of benzene rings is 2. The second kappa shape index (κ2) is 6.44. The molecule has 4 rings (SSSR count). The first-order valence-corrected chi connectivity index (χ1v) is 9.05. The molecule has 2 aromatic rings. The van der Waals surface area contributed by atoms with E-state index in [1.54, 1.807) is 4.90 Å². The zero-order valence-corrected chi connectivity index (χ0v) is 15.4. The van der Waals surface area contributed by atoms with Crippen molar-refractivity contribution in [2.75, 3.05) is 24.7 Å². The number of nitrogens with zero attached hydrogens (tertiary/aromatic N) is 1. The number of anilines is 1. The van der Waals surface area contributed by atoms with Gasteiger partial charge < -0.3 is 19.1 Å². The van der Waals surface area contributed by atoms with Crippen LogP contribution in [0.5, 0.6) is 5.75 Å². The Bertz CT molecular complexity index is 800. The van der Waals surface area contributed by atoms with Crippen molar-refractivity contribution >= 4 is 27.5 Å². The van der Waals surface area contributed by atoms with Crippen molar-refractivity contribution < 1.29 is 19.0 Å². The molecule has 6 heteroatoms. The highest BCUT2D eigenvalue weighted by atomic mass is 79.9. The summed E-state index contributed by atoms with van der Waals surface area (Å²) in [6, 6.07) is 13.5. The molecular weight excluding hydrogens is 386 g/mol. The van der Waals surface area contributed by atoms with Crippen molar-refractivity contribution in [1.29, 1.82) is 0 Å². The number of halogens is 1. The lowest BCUT2D eigenvalue weighted by Gasteiger charge is -2.22. The first-order valence-electron chi connectivity index (χ1n) is 8.26. The molecule has 0 saturated carbocycles. The highest BCUT2D eigenvalue weighted by Gasteiger charge is 2.56. The van der Waals surface area contributed by atoms with Crippen molar-refractivity contribution in [3.05, 3.63) is 58.1 Å². The zero-order chi connectivity index (χ0) is 17.4. The molecule has 0 atom stereocenters. The molecular formula is C19H18BrNO4. The number of rotatable bonds is 4. The Morgan fingerprint density at radius 2 is 1.88 bits per heavy atom. The largest absolute Gasteiger partial charge is 0.494 e. The molecule has 0 aromatic heterocycles. The molecule has 0 aliphatic carbocycles. The normalized spacial score (nSPS) is 18.0. The Balaban J connectivity index is 1.67. The number of carbonyl (C=O) groups is 1. The summed E-state index contributed by atoms with van der Waals surface area (Å²) in [5.41, 5.74) is 2.60. The molecule has 2 aromatic carbocycles. The van der Waals surface area contributed by atoms with Gasteiger partial charge in [-0.2, -0.15) is 0 Å². The van der Waals surface area contributed by atoms with Crippen LogP contribution in [0, 0.1) is 0 Å². The van der Waals surface area contributed by atoms with Gasteiger partial charge in [-0.05, 0) is 42.8 Å². The van der Waals surface area contributed by atoms with Gasteiger partial charge in [0.05, 0.1) is 32.1 Å². The van der Waals surface area contributed by atoms with E-state index < -0.39 is 5.79 Å². The van der Waals surface area contributed by atoms with E-state index >= 15 is 0 Å². The van der Waals surface area contributed by atoms with Gasteiger partial charge in [0, 0.05) is 10.0 Å². The Kier molecular flexibility index (Phi) is 4.27. The molecule has 2 aliphatic rings. The maximum absolute atomic E-state index is 13.1. The molecule has 1 fully saturated rings. The number of carbonyl (C=O) groups excluding carboxylic acids is 1. The van der Waals surface area contributed by atoms with Gasteiger partial charge in [-0.25, -0.2) is 0 Å². The average molecular weight is 404 g/mol. The maximum Gasteiger partial charge on any atom is 0.292 e. The topological polar surface area (TPSA) is 48.0 Å². The average Bonchev–Trinajstić information content (AvgIpc) is 3.19. The van der Waals surface area contributed by atoms with Gasteiger partial charge in [0.25, 0.3) is 11.7 Å². The van der Waals surface area contributed by atoms with Crippen molar-refractivity contribution in [1.82, 2.24) is 0 Å². The third-order valence-electron chi connectivity index (χ3n) is 4.40. The third kappa shape index (κ3) is 2.74. The quantitative estimate of drug-likeness (QED) is 0.782. The SMILES string of the molecule is CCOc1ccc(CN2C(=O)C3(OCCO3)c3cc(Br)ccc32)cc1. The standard InChI is InChI=1S/C19H18BrNO4/c1-2-23-15-6-3-13(4-7-15)12-21-17-8-5-14(20)11-16(17)19(18(21)22)24-9-10-25-19/h3-8,11H,2,9-10,12H2,1H3. The smallest absolute Gasteiger partial charge is 0.292 e. The fourth-order valence-corrected chi connectivity index (χ4v) is 3.66. The zero-order valence-electron chi connectivity index (χ0n) is 13.8. The van der Waals surface area contributed by atoms with Crippen LogP contribution in [0.3, 0.4) is 0 Å². The minimum absolute atomic E-state index is 0.174. The van der Waals surface area contributed by atoms with Crippen LogP contribution in [0.2, 0.25) is 0 Å². The second-order valence-corrected chi connectivity index (χ2v) is 6.86. The highest BCUT2D eigenvalue weighted by molar-refractivity contribution is 9.10. The van der Waals surface area contributed by atoms with Gasteiger partial charge >= 0.3 is 0 Å². The van der Waals surface area contributed by atoms with Gasteiger partial charge in [-0.1, -0.05) is 28.1 Å². The molecule has 0 unspecified atom stereocenters. The lowest BCUT2D eigenvalue weighted by Crippen LogP contribution is -2.40. The molecule has 130 valence electrons. The van der Waals surface area contributed by atoms with Gasteiger partial charge in [0.2, 0.25) is 0 Å². The van der Waals surface area contributed by atoms with E-state index in [2.05, 4.69) is 15.9 Å². The van der Waals surface area contributed by atoms with Crippen LogP contribution in [0.15, 0.2) is 46.9 Å². The van der Waals surface area contributed by atoms with E-state index in [4.69, 9.17) is 14.2 Å². The molecule has 1 saturated heterocycles. The van der Waals surface area contributed by atoms with Crippen LogP contribution in [0.25, 0.3) is 0 Å². The molecule has 0 bridgehead atoms. The first-order chi connectivity index (χ1) is 12.1. The van der Waals surface area contributed by atoms with Crippen LogP contribution >= 0.6 is 15.9 Å². The molecule has 0 N–H and O–H groups in total. The minimum Gasteiger partial charge on any atom is -0.494 e. The molecule has 2 heterocycles. The maximum atomic E-state index is 13.1. The summed E-state index contributed by atoms with van der Waals surface area (Å²) >= 11 is 3.47. The highest BCUT2D eigenvalue weighted by Crippen LogP contribution is 2.47. The summed E-state index contributed by atoms with van der Waals surface area (Å²) < 4.78 is 17.9. The summed E-state index contributed by atoms with van der Waals surface area (Å²) in [5.74, 6) is -0.654. The second-order valence-electron chi connectivity index (χ2n) is 5.94.